The van der Waals surface area contributed by atoms with Crippen LogP contribution < -0.4 is 0 Å². The van der Waals surface area contributed by atoms with Gasteiger partial charge in [0.05, 0.1) is 39.6 Å². The molecule has 8 bridgehead atoms. The van der Waals surface area contributed by atoms with Crippen LogP contribution in [-0.4, -0.2) is 44.5 Å². The molecule has 112 heavy (non-hydrogen) atoms. The van der Waals surface area contributed by atoms with Gasteiger partial charge in [-0.15, -0.1) is 0 Å². The summed E-state index contributed by atoms with van der Waals surface area (Å²) in [4.78, 5) is 23.9. The fraction of sp³-hybridized carbons (Fsp3) is 0.0467. The highest BCUT2D eigenvalue weighted by atomic mass is 15.2. The molecule has 35 aromatic rings. The van der Waals surface area contributed by atoms with E-state index in [0.29, 0.717) is 0 Å². The Morgan fingerprint density at radius 3 is 0.768 bits per heavy atom. The van der Waals surface area contributed by atoms with E-state index in [-0.39, 0.29) is 6.04 Å². The van der Waals surface area contributed by atoms with Gasteiger partial charge in [-0.05, 0) is 390 Å². The van der Waals surface area contributed by atoms with Crippen LogP contribution in [0.3, 0.4) is 0 Å². The summed E-state index contributed by atoms with van der Waals surface area (Å²) < 4.78 is 0. The lowest BCUT2D eigenvalue weighted by Crippen LogP contribution is -2.54. The van der Waals surface area contributed by atoms with Crippen LogP contribution in [-0.2, 0) is 10.8 Å². The molecule has 5 heteroatoms. The maximum absolute atomic E-state index is 6.63. The Bertz CT molecular complexity index is 10500. The van der Waals surface area contributed by atoms with Gasteiger partial charge in [0.1, 0.15) is 0 Å². The zero-order chi connectivity index (χ0) is 69.1. The van der Waals surface area contributed by atoms with Crippen LogP contribution in [0.25, 0.3) is 381 Å². The monoisotopic (exact) mass is 1390 g/mol. The molecule has 488 valence electrons. The van der Waals surface area contributed by atoms with Crippen molar-refractivity contribution in [2.45, 2.75) is 16.9 Å². The summed E-state index contributed by atoms with van der Waals surface area (Å²) in [7, 11) is 2.61. The van der Waals surface area contributed by atoms with E-state index in [0.717, 1.165) is 95.9 Å². The smallest absolute Gasteiger partial charge is 0.0785 e. The zero-order valence-corrected chi connectivity index (χ0v) is 58.7. The molecule has 1 unspecified atom stereocenters. The highest BCUT2D eigenvalue weighted by Crippen LogP contribution is 2.87. The van der Waals surface area contributed by atoms with Crippen molar-refractivity contribution < 1.29 is 0 Å². The number of rotatable bonds is 5. The molecule has 4 aliphatic carbocycles. The number of nitrogens with zero attached hydrogens (tertiary/aromatic N) is 3. The van der Waals surface area contributed by atoms with E-state index in [9.17, 15) is 0 Å². The van der Waals surface area contributed by atoms with Crippen molar-refractivity contribution >= 4 is 337 Å². The van der Waals surface area contributed by atoms with Crippen molar-refractivity contribution in [1.29, 1.82) is 0 Å². The van der Waals surface area contributed by atoms with Crippen molar-refractivity contribution in [2.75, 3.05) is 13.6 Å². The van der Waals surface area contributed by atoms with Crippen molar-refractivity contribution in [3.63, 3.8) is 0 Å². The van der Waals surface area contributed by atoms with Crippen LogP contribution in [0.4, 0.5) is 0 Å². The summed E-state index contributed by atoms with van der Waals surface area (Å²) in [5.41, 5.74) is 23.6. The Balaban J connectivity index is 0.776. The molecule has 2 spiro atoms. The number of likely N-dealkylation sites (N-methyl/N-ethyl adjacent to an activating group) is 1. The van der Waals surface area contributed by atoms with E-state index in [1.54, 1.807) is 313 Å². The lowest BCUT2D eigenvalue weighted by atomic mass is 9.47. The second-order valence-electron chi connectivity index (χ2n) is 37.0. The van der Waals surface area contributed by atoms with Gasteiger partial charge < -0.3 is 9.97 Å². The lowest BCUT2D eigenvalue weighted by Gasteiger charge is -2.52. The quantitative estimate of drug-likeness (QED) is 0.169. The van der Waals surface area contributed by atoms with Crippen LogP contribution in [0.15, 0.2) is 146 Å². The molecule has 1 fully saturated rings. The molecule has 42 rings (SSSR count). The maximum Gasteiger partial charge on any atom is 0.0785 e. The minimum Gasteiger partial charge on any atom is -0.354 e. The minimum atomic E-state index is -0.655. The molecule has 1 saturated heterocycles. The summed E-state index contributed by atoms with van der Waals surface area (Å²) in [6.07, 6.45) is 7.16. The van der Waals surface area contributed by atoms with Crippen LogP contribution in [0.5, 0.6) is 0 Å². The number of hydrogen-bond donors (Lipinski definition) is 2. The first-order valence-electron chi connectivity index (χ1n) is 40.5. The predicted molar refractivity (Wildman–Crippen MR) is 470 cm³/mol. The molecule has 3 aromatic heterocycles. The third kappa shape index (κ3) is 3.50. The molecule has 2 N–H and O–H groups in total. The van der Waals surface area contributed by atoms with Gasteiger partial charge >= 0.3 is 0 Å². The van der Waals surface area contributed by atoms with Gasteiger partial charge in [0.15, 0.2) is 0 Å². The largest absolute Gasteiger partial charge is 0.354 e. The Labute approximate surface area is 622 Å². The summed E-state index contributed by atoms with van der Waals surface area (Å²) in [5, 5.41) is 87.5. The molecule has 32 aromatic carbocycles. The summed E-state index contributed by atoms with van der Waals surface area (Å²) in [6.45, 7) is 0.873. The van der Waals surface area contributed by atoms with Crippen molar-refractivity contribution in [3.05, 3.63) is 191 Å². The Morgan fingerprint density at radius 2 is 0.491 bits per heavy atom. The molecule has 3 aliphatic heterocycles. The van der Waals surface area contributed by atoms with Gasteiger partial charge in [-0.1, -0.05) is 121 Å². The van der Waals surface area contributed by atoms with Crippen LogP contribution in [0, 0.1) is 0 Å². The predicted octanol–water partition coefficient (Wildman–Crippen LogP) is 27.3. The molecule has 1 atom stereocenters. The molecule has 5 nitrogen and oxygen atoms in total. The second kappa shape index (κ2) is 13.1. The summed E-state index contributed by atoms with van der Waals surface area (Å²) in [5.74, 6) is 0. The Hall–Kier alpha value is -14.1. The standard InChI is InChI=1S/C107H35N5/c1-112-29-106-100-92-84-74-64-56-48-46-47-50-54-52(48)60-68-62(54)72-66-58(50)59-51(47)55-53-49(46)57(56)65-71-61(53)69-63(55)73-67(59)77-76(66)88-82(72)90-80(68)86(78(84)70(60)64)94(100)96(90)102-98(88)99-89(77)83(73)91-81(69)87-79(71)85(75(65)74)93(92)101(106)95(87)97(91)103(99)107(102,106)105(112)34-28-41-44(32-18-10-4-11-19-32)39-25-24-37(109-39)42(30-14-6-2-7-15-30)35-22-23-36(108-35)43(31-16-8-3-9-17-31)38-26-27-40(110-38)45(104(34)111-41)33-20-12-5-13-21-33/h2-28,105,109-110H,29H2,1H3. The average Bonchev–Trinajstić information content (AvgIpc) is 1.38. The lowest BCUT2D eigenvalue weighted by molar-refractivity contribution is 0.329. The molecule has 0 saturated carbocycles. The number of aromatic nitrogens is 4. The van der Waals surface area contributed by atoms with E-state index in [1.807, 2.05) is 0 Å². The Kier molecular flexibility index (Phi) is 5.65. The van der Waals surface area contributed by atoms with E-state index in [1.165, 1.54) is 5.57 Å². The SMILES string of the molecule is CN1CC23c4c5c6c7c8c9c(c%10c%11c2c2c4c4c%12c5c5c6c6c8c8c%13c9c9c%10c%10c%11c%11c2c2c4c4c%12c%12c5c5c6c8c6c8c%13c9c9c%10c%10c%11c2c2c4c4c%12c5c6c5c8c9c%10c2c45)C73C1C1=Cc2nc1c(-c1ccccc1)c1ccc([nH]1)c(-c1ccccc1)c1nc(c(-c3ccccc3)c3ccc([nH]3)c2-c2ccccc2)C=C1. The van der Waals surface area contributed by atoms with Gasteiger partial charge in [-0.25, -0.2) is 9.97 Å². The summed E-state index contributed by atoms with van der Waals surface area (Å²) >= 11 is 0. The highest BCUT2D eigenvalue weighted by molar-refractivity contribution is 6.82. The number of hydrogen-bond acceptors (Lipinski definition) is 3. The zero-order valence-electron chi connectivity index (χ0n) is 58.7. The van der Waals surface area contributed by atoms with Crippen LogP contribution in [0.1, 0.15) is 45.0 Å². The molecule has 0 radical (unpaired) electrons. The van der Waals surface area contributed by atoms with Crippen molar-refractivity contribution in [2.24, 2.45) is 0 Å². The number of benzene rings is 22. The number of fused-ring (bicyclic) bond motifs is 8. The fourth-order valence-electron chi connectivity index (χ4n) is 32.7. The normalized spacial score (nSPS) is 19.8. The number of H-pyrrole nitrogens is 2. The third-order valence-electron chi connectivity index (χ3n) is 34.3. The summed E-state index contributed by atoms with van der Waals surface area (Å²) in [6, 6.07) is 53.8. The van der Waals surface area contributed by atoms with Crippen molar-refractivity contribution in [1.82, 2.24) is 24.8 Å². The van der Waals surface area contributed by atoms with Gasteiger partial charge in [-0.2, -0.15) is 0 Å². The number of likely N-dealkylation sites (tertiary alicyclic amines) is 1. The molecule has 7 aliphatic rings. The topological polar surface area (TPSA) is 60.6 Å². The maximum atomic E-state index is 6.63. The molecular formula is C107H35N5. The Morgan fingerprint density at radius 1 is 0.259 bits per heavy atom. The van der Waals surface area contributed by atoms with E-state index < -0.39 is 10.8 Å². The third-order valence-corrected chi connectivity index (χ3v) is 34.3. The number of aromatic amines is 2. The average molecular weight is 1390 g/mol. The van der Waals surface area contributed by atoms with Gasteiger partial charge in [0.25, 0.3) is 0 Å². The second-order valence-corrected chi connectivity index (χ2v) is 37.0. The van der Waals surface area contributed by atoms with E-state index >= 15 is 0 Å². The fourth-order valence-corrected chi connectivity index (χ4v) is 32.7. The molecular weight excluding hydrogens is 1360 g/mol. The van der Waals surface area contributed by atoms with Crippen molar-refractivity contribution in [3.8, 4) is 44.5 Å². The highest BCUT2D eigenvalue weighted by Gasteiger charge is 2.76. The van der Waals surface area contributed by atoms with Gasteiger partial charge in [0.2, 0.25) is 0 Å². The van der Waals surface area contributed by atoms with Crippen LogP contribution in [0.2, 0.25) is 0 Å². The van der Waals surface area contributed by atoms with Crippen LogP contribution >= 0.6 is 0 Å². The molecule has 6 heterocycles. The van der Waals surface area contributed by atoms with E-state index in [4.69, 9.17) is 9.97 Å². The first-order chi connectivity index (χ1) is 55.7. The van der Waals surface area contributed by atoms with Gasteiger partial charge in [-0.3, -0.25) is 4.90 Å². The first-order valence-corrected chi connectivity index (χ1v) is 40.5. The molecule has 0 amide bonds. The first kappa shape index (κ1) is 48.3. The van der Waals surface area contributed by atoms with Gasteiger partial charge in [0, 0.05) is 50.9 Å². The minimum absolute atomic E-state index is 0.220. The van der Waals surface area contributed by atoms with E-state index in [2.05, 4.69) is 186 Å². The number of nitrogens with one attached hydrogen (secondary N) is 2.